The molecule has 2 aromatic rings. The SMILES string of the molecule is CCN(CCOC)Cc1oc2ccccc2c1CNC. The first kappa shape index (κ1) is 15.0. The summed E-state index contributed by atoms with van der Waals surface area (Å²) in [5, 5.41) is 4.44. The summed E-state index contributed by atoms with van der Waals surface area (Å²) >= 11 is 0. The normalized spacial score (nSPS) is 11.6. The number of rotatable bonds is 8. The maximum Gasteiger partial charge on any atom is 0.134 e. The van der Waals surface area contributed by atoms with Gasteiger partial charge in [0.15, 0.2) is 0 Å². The molecule has 0 fully saturated rings. The van der Waals surface area contributed by atoms with E-state index in [1.54, 1.807) is 7.11 Å². The first-order valence-electron chi connectivity index (χ1n) is 7.15. The van der Waals surface area contributed by atoms with Crippen LogP contribution in [0.4, 0.5) is 0 Å². The Morgan fingerprint density at radius 3 is 2.80 bits per heavy atom. The standard InChI is InChI=1S/C16H24N2O2/c1-4-18(9-10-19-3)12-16-14(11-17-2)13-7-5-6-8-15(13)20-16/h5-8,17H,4,9-12H2,1-3H3. The van der Waals surface area contributed by atoms with Crippen LogP contribution in [0.2, 0.25) is 0 Å². The summed E-state index contributed by atoms with van der Waals surface area (Å²) in [7, 11) is 3.70. The van der Waals surface area contributed by atoms with E-state index in [1.165, 1.54) is 10.9 Å². The fraction of sp³-hybridized carbons (Fsp3) is 0.500. The molecule has 1 aromatic carbocycles. The molecule has 0 aliphatic heterocycles. The number of hydrogen-bond acceptors (Lipinski definition) is 4. The molecule has 1 heterocycles. The number of furan rings is 1. The van der Waals surface area contributed by atoms with Crippen LogP contribution in [0.15, 0.2) is 28.7 Å². The average molecular weight is 276 g/mol. The molecule has 0 saturated carbocycles. The highest BCUT2D eigenvalue weighted by molar-refractivity contribution is 5.82. The summed E-state index contributed by atoms with van der Waals surface area (Å²) in [5.74, 6) is 1.05. The lowest BCUT2D eigenvalue weighted by Crippen LogP contribution is -2.27. The summed E-state index contributed by atoms with van der Waals surface area (Å²) < 4.78 is 11.2. The third-order valence-electron chi connectivity index (χ3n) is 3.56. The number of nitrogens with one attached hydrogen (secondary N) is 1. The molecule has 0 radical (unpaired) electrons. The summed E-state index contributed by atoms with van der Waals surface area (Å²) in [5.41, 5.74) is 2.23. The van der Waals surface area contributed by atoms with Crippen LogP contribution in [0.1, 0.15) is 18.2 Å². The van der Waals surface area contributed by atoms with Gasteiger partial charge in [-0.1, -0.05) is 25.1 Å². The van der Waals surface area contributed by atoms with Gasteiger partial charge in [0.05, 0.1) is 13.2 Å². The number of para-hydroxylation sites is 1. The van der Waals surface area contributed by atoms with E-state index in [4.69, 9.17) is 9.15 Å². The van der Waals surface area contributed by atoms with E-state index in [9.17, 15) is 0 Å². The lowest BCUT2D eigenvalue weighted by atomic mass is 10.1. The van der Waals surface area contributed by atoms with Crippen LogP contribution >= 0.6 is 0 Å². The predicted octanol–water partition coefficient (Wildman–Crippen LogP) is 2.62. The number of fused-ring (bicyclic) bond motifs is 1. The minimum Gasteiger partial charge on any atom is -0.459 e. The van der Waals surface area contributed by atoms with Crippen molar-refractivity contribution in [1.82, 2.24) is 10.2 Å². The fourth-order valence-electron chi connectivity index (χ4n) is 2.42. The molecule has 0 unspecified atom stereocenters. The van der Waals surface area contributed by atoms with Crippen LogP contribution in [0.5, 0.6) is 0 Å². The molecular formula is C16H24N2O2. The van der Waals surface area contributed by atoms with E-state index in [1.807, 2.05) is 19.2 Å². The smallest absolute Gasteiger partial charge is 0.134 e. The summed E-state index contributed by atoms with van der Waals surface area (Å²) in [6.07, 6.45) is 0. The van der Waals surface area contributed by atoms with Crippen molar-refractivity contribution >= 4 is 11.0 Å². The molecule has 4 heteroatoms. The number of hydrogen-bond donors (Lipinski definition) is 1. The fourth-order valence-corrected chi connectivity index (χ4v) is 2.42. The van der Waals surface area contributed by atoms with Crippen LogP contribution in [0.3, 0.4) is 0 Å². The molecule has 0 spiro atoms. The summed E-state index contributed by atoms with van der Waals surface area (Å²) in [4.78, 5) is 2.33. The molecule has 0 atom stereocenters. The van der Waals surface area contributed by atoms with Crippen molar-refractivity contribution in [3.63, 3.8) is 0 Å². The number of likely N-dealkylation sites (N-methyl/N-ethyl adjacent to an activating group) is 1. The Morgan fingerprint density at radius 2 is 2.10 bits per heavy atom. The second-order valence-corrected chi connectivity index (χ2v) is 4.89. The van der Waals surface area contributed by atoms with Crippen LogP contribution < -0.4 is 5.32 Å². The predicted molar refractivity (Wildman–Crippen MR) is 81.8 cm³/mol. The maximum absolute atomic E-state index is 6.04. The highest BCUT2D eigenvalue weighted by Crippen LogP contribution is 2.26. The Balaban J connectivity index is 2.25. The van der Waals surface area contributed by atoms with Crippen LogP contribution in [-0.2, 0) is 17.8 Å². The first-order chi connectivity index (χ1) is 9.80. The van der Waals surface area contributed by atoms with Gasteiger partial charge in [-0.3, -0.25) is 4.90 Å². The second kappa shape index (κ2) is 7.43. The molecule has 0 amide bonds. The van der Waals surface area contributed by atoms with E-state index < -0.39 is 0 Å². The Morgan fingerprint density at radius 1 is 1.30 bits per heavy atom. The average Bonchev–Trinajstić information content (AvgIpc) is 2.82. The van der Waals surface area contributed by atoms with Crippen molar-refractivity contribution < 1.29 is 9.15 Å². The highest BCUT2D eigenvalue weighted by Gasteiger charge is 2.15. The van der Waals surface area contributed by atoms with Gasteiger partial charge in [0.1, 0.15) is 11.3 Å². The van der Waals surface area contributed by atoms with Crippen molar-refractivity contribution in [3.8, 4) is 0 Å². The molecule has 20 heavy (non-hydrogen) atoms. The van der Waals surface area contributed by atoms with Gasteiger partial charge < -0.3 is 14.5 Å². The minimum absolute atomic E-state index is 0.745. The Labute approximate surface area is 120 Å². The molecule has 4 nitrogen and oxygen atoms in total. The maximum atomic E-state index is 6.04. The van der Waals surface area contributed by atoms with Crippen LogP contribution in [0, 0.1) is 0 Å². The van der Waals surface area contributed by atoms with Gasteiger partial charge in [-0.15, -0.1) is 0 Å². The molecule has 0 bridgehead atoms. The van der Waals surface area contributed by atoms with Crippen molar-refractivity contribution in [1.29, 1.82) is 0 Å². The van der Waals surface area contributed by atoms with E-state index in [0.717, 1.165) is 44.1 Å². The molecule has 1 N–H and O–H groups in total. The first-order valence-corrected chi connectivity index (χ1v) is 7.15. The molecule has 0 aliphatic carbocycles. The van der Waals surface area contributed by atoms with Gasteiger partial charge in [0.2, 0.25) is 0 Å². The van der Waals surface area contributed by atoms with Gasteiger partial charge >= 0.3 is 0 Å². The Kier molecular flexibility index (Phi) is 5.59. The Bertz CT molecular complexity index is 536. The largest absolute Gasteiger partial charge is 0.459 e. The zero-order valence-corrected chi connectivity index (χ0v) is 12.6. The molecule has 0 saturated heterocycles. The lowest BCUT2D eigenvalue weighted by Gasteiger charge is -2.19. The van der Waals surface area contributed by atoms with Gasteiger partial charge in [-0.25, -0.2) is 0 Å². The summed E-state index contributed by atoms with van der Waals surface area (Å²) in [6.45, 7) is 6.47. The van der Waals surface area contributed by atoms with Gasteiger partial charge in [0, 0.05) is 31.1 Å². The number of methoxy groups -OCH3 is 1. The second-order valence-electron chi connectivity index (χ2n) is 4.89. The number of nitrogens with zero attached hydrogens (tertiary/aromatic N) is 1. The van der Waals surface area contributed by atoms with E-state index in [2.05, 4.69) is 29.3 Å². The zero-order valence-electron chi connectivity index (χ0n) is 12.6. The van der Waals surface area contributed by atoms with Crippen LogP contribution in [-0.4, -0.2) is 38.8 Å². The monoisotopic (exact) mass is 276 g/mol. The highest BCUT2D eigenvalue weighted by atomic mass is 16.5. The van der Waals surface area contributed by atoms with E-state index in [-0.39, 0.29) is 0 Å². The van der Waals surface area contributed by atoms with E-state index in [0.29, 0.717) is 0 Å². The molecule has 0 aliphatic rings. The number of benzene rings is 1. The Hall–Kier alpha value is -1.36. The van der Waals surface area contributed by atoms with E-state index >= 15 is 0 Å². The van der Waals surface area contributed by atoms with Gasteiger partial charge in [-0.2, -0.15) is 0 Å². The molecular weight excluding hydrogens is 252 g/mol. The third-order valence-corrected chi connectivity index (χ3v) is 3.56. The molecule has 110 valence electrons. The molecule has 2 rings (SSSR count). The minimum atomic E-state index is 0.745. The third kappa shape index (κ3) is 3.39. The topological polar surface area (TPSA) is 37.6 Å². The van der Waals surface area contributed by atoms with Crippen molar-refractivity contribution in [2.75, 3.05) is 33.9 Å². The quantitative estimate of drug-likeness (QED) is 0.804. The summed E-state index contributed by atoms with van der Waals surface area (Å²) in [6, 6.07) is 8.23. The van der Waals surface area contributed by atoms with Gasteiger partial charge in [0.25, 0.3) is 0 Å². The number of ether oxygens (including phenoxy) is 1. The van der Waals surface area contributed by atoms with Crippen molar-refractivity contribution in [3.05, 3.63) is 35.6 Å². The molecule has 1 aromatic heterocycles. The lowest BCUT2D eigenvalue weighted by molar-refractivity contribution is 0.143. The zero-order chi connectivity index (χ0) is 14.4. The van der Waals surface area contributed by atoms with Crippen LogP contribution in [0.25, 0.3) is 11.0 Å². The van der Waals surface area contributed by atoms with Crippen molar-refractivity contribution in [2.45, 2.75) is 20.0 Å². The van der Waals surface area contributed by atoms with Crippen molar-refractivity contribution in [2.24, 2.45) is 0 Å². The van der Waals surface area contributed by atoms with Gasteiger partial charge in [-0.05, 0) is 19.7 Å².